The lowest BCUT2D eigenvalue weighted by molar-refractivity contribution is -0.305. The second-order valence-electron chi connectivity index (χ2n) is 1.11. The number of hydrogen-bond donors (Lipinski definition) is 0. The molecule has 0 N–H and O–H groups in total. The first-order valence-electron chi connectivity index (χ1n) is 2.13. The fourth-order valence-corrected chi connectivity index (χ4v) is 1.37. The summed E-state index contributed by atoms with van der Waals surface area (Å²) < 4.78 is 0. The quantitative estimate of drug-likeness (QED) is 0.423. The summed E-state index contributed by atoms with van der Waals surface area (Å²) in [6, 6.07) is 0. The zero-order chi connectivity index (χ0) is 6.41. The number of carbonyl (C=O) groups excluding carboxylic acids is 1. The Labute approximate surface area is 56.4 Å². The Morgan fingerprint density at radius 1 is 1.75 bits per heavy atom. The molecule has 0 spiro atoms. The topological polar surface area (TPSA) is 40.1 Å². The molecule has 8 heavy (non-hydrogen) atoms. The molecule has 0 saturated carbocycles. The average Bonchev–Trinajstić information content (AvgIpc) is 1.66. The zero-order valence-electron chi connectivity index (χ0n) is 4.55. The molecule has 0 amide bonds. The van der Waals surface area contributed by atoms with Crippen LogP contribution in [0, 0.1) is 0 Å². The number of carboxylic acids is 1. The van der Waals surface area contributed by atoms with Gasteiger partial charge in [0.25, 0.3) is 0 Å². The van der Waals surface area contributed by atoms with Crippen molar-refractivity contribution in [3.63, 3.8) is 0 Å². The Morgan fingerprint density at radius 2 is 2.38 bits per heavy atom. The average molecular weight is 151 g/mol. The van der Waals surface area contributed by atoms with Crippen LogP contribution in [0.1, 0.15) is 6.42 Å². The van der Waals surface area contributed by atoms with Crippen LogP contribution in [0.4, 0.5) is 0 Å². The highest BCUT2D eigenvalue weighted by molar-refractivity contribution is 8.76. The number of carboxylic acid groups (broad SMARTS) is 1. The number of rotatable bonds is 4. The van der Waals surface area contributed by atoms with E-state index in [1.54, 1.807) is 10.8 Å². The van der Waals surface area contributed by atoms with Crippen molar-refractivity contribution in [3.05, 3.63) is 0 Å². The number of aliphatic carboxylic acids is 1. The van der Waals surface area contributed by atoms with E-state index in [4.69, 9.17) is 0 Å². The van der Waals surface area contributed by atoms with Crippen molar-refractivity contribution in [1.82, 2.24) is 0 Å². The van der Waals surface area contributed by atoms with E-state index in [9.17, 15) is 9.90 Å². The molecule has 0 heterocycles. The van der Waals surface area contributed by atoms with E-state index < -0.39 is 5.97 Å². The van der Waals surface area contributed by atoms with E-state index in [0.29, 0.717) is 5.75 Å². The van der Waals surface area contributed by atoms with Gasteiger partial charge in [-0.05, 0) is 12.7 Å². The molecule has 2 nitrogen and oxygen atoms in total. The van der Waals surface area contributed by atoms with Gasteiger partial charge in [0.2, 0.25) is 0 Å². The van der Waals surface area contributed by atoms with Gasteiger partial charge in [0.05, 0.1) is 0 Å². The first-order chi connectivity index (χ1) is 3.77. The molecular formula is C4H7O2S2-. The van der Waals surface area contributed by atoms with Crippen LogP contribution >= 0.6 is 21.6 Å². The molecule has 4 heteroatoms. The van der Waals surface area contributed by atoms with E-state index in [1.165, 1.54) is 10.8 Å². The highest BCUT2D eigenvalue weighted by Crippen LogP contribution is 2.16. The lowest BCUT2D eigenvalue weighted by Crippen LogP contribution is -2.22. The molecule has 0 aliphatic rings. The molecule has 0 saturated heterocycles. The molecule has 0 rings (SSSR count). The molecule has 0 fully saturated rings. The molecule has 48 valence electrons. The van der Waals surface area contributed by atoms with Crippen LogP contribution in [0.5, 0.6) is 0 Å². The van der Waals surface area contributed by atoms with Crippen molar-refractivity contribution < 1.29 is 9.90 Å². The monoisotopic (exact) mass is 151 g/mol. The zero-order valence-corrected chi connectivity index (χ0v) is 6.18. The third-order valence-corrected chi connectivity index (χ3v) is 2.32. The predicted molar refractivity (Wildman–Crippen MR) is 35.6 cm³/mol. The SMILES string of the molecule is CSSCCC(=O)[O-]. The Bertz CT molecular complexity index is 74.4. The highest BCUT2D eigenvalue weighted by atomic mass is 33.1. The maximum Gasteiger partial charge on any atom is 0.0422 e. The lowest BCUT2D eigenvalue weighted by atomic mass is 10.5. The van der Waals surface area contributed by atoms with Crippen molar-refractivity contribution in [3.8, 4) is 0 Å². The van der Waals surface area contributed by atoms with Crippen molar-refractivity contribution >= 4 is 27.6 Å². The van der Waals surface area contributed by atoms with Crippen molar-refractivity contribution in [2.75, 3.05) is 12.0 Å². The molecule has 0 aliphatic carbocycles. The molecule has 0 aromatic heterocycles. The summed E-state index contributed by atoms with van der Waals surface area (Å²) in [6.45, 7) is 0. The van der Waals surface area contributed by atoms with Crippen molar-refractivity contribution in [2.45, 2.75) is 6.42 Å². The van der Waals surface area contributed by atoms with Gasteiger partial charge < -0.3 is 9.90 Å². The van der Waals surface area contributed by atoms with Crippen LogP contribution in [0.3, 0.4) is 0 Å². The summed E-state index contributed by atoms with van der Waals surface area (Å²) >= 11 is 0. The molecule has 0 atom stereocenters. The second kappa shape index (κ2) is 5.31. The summed E-state index contributed by atoms with van der Waals surface area (Å²) in [5.74, 6) is -0.324. The fraction of sp³-hybridized carbons (Fsp3) is 0.750. The predicted octanol–water partition coefficient (Wildman–Crippen LogP) is 0.138. The van der Waals surface area contributed by atoms with Crippen LogP contribution < -0.4 is 5.11 Å². The van der Waals surface area contributed by atoms with Crippen LogP contribution in [0.15, 0.2) is 0 Å². The number of hydrogen-bond acceptors (Lipinski definition) is 4. The van der Waals surface area contributed by atoms with Gasteiger partial charge in [0.1, 0.15) is 0 Å². The van der Waals surface area contributed by atoms with E-state index >= 15 is 0 Å². The van der Waals surface area contributed by atoms with E-state index in [2.05, 4.69) is 0 Å². The third kappa shape index (κ3) is 6.17. The summed E-state index contributed by atoms with van der Waals surface area (Å²) in [5, 5.41) is 9.74. The smallest absolute Gasteiger partial charge is 0.0422 e. The largest absolute Gasteiger partial charge is 0.550 e. The highest BCUT2D eigenvalue weighted by Gasteiger charge is 1.84. The minimum atomic E-state index is -0.966. The minimum absolute atomic E-state index is 0.158. The maximum atomic E-state index is 9.74. The van der Waals surface area contributed by atoms with Gasteiger partial charge in [-0.1, -0.05) is 21.6 Å². The number of carbonyl (C=O) groups is 1. The van der Waals surface area contributed by atoms with Gasteiger partial charge in [0.15, 0.2) is 0 Å². The summed E-state index contributed by atoms with van der Waals surface area (Å²) in [4.78, 5) is 9.74. The molecule has 0 aromatic rings. The maximum absolute atomic E-state index is 9.74. The lowest BCUT2D eigenvalue weighted by Gasteiger charge is -1.97. The Kier molecular flexibility index (Phi) is 5.42. The van der Waals surface area contributed by atoms with E-state index in [1.807, 2.05) is 6.26 Å². The van der Waals surface area contributed by atoms with Crippen molar-refractivity contribution in [1.29, 1.82) is 0 Å². The first kappa shape index (κ1) is 8.17. The Balaban J connectivity index is 2.82. The molecule has 0 aliphatic heterocycles. The molecule has 0 aromatic carbocycles. The fourth-order valence-electron chi connectivity index (χ4n) is 0.208. The molecule has 0 bridgehead atoms. The van der Waals surface area contributed by atoms with Crippen LogP contribution in [-0.2, 0) is 4.79 Å². The van der Waals surface area contributed by atoms with Gasteiger partial charge in [-0.3, -0.25) is 0 Å². The van der Waals surface area contributed by atoms with Gasteiger partial charge in [-0.15, -0.1) is 0 Å². The molecular weight excluding hydrogens is 144 g/mol. The van der Waals surface area contributed by atoms with Gasteiger partial charge >= 0.3 is 0 Å². The van der Waals surface area contributed by atoms with Gasteiger partial charge in [-0.25, -0.2) is 0 Å². The Morgan fingerprint density at radius 3 is 2.75 bits per heavy atom. The van der Waals surface area contributed by atoms with Crippen LogP contribution in [-0.4, -0.2) is 18.0 Å². The normalized spacial score (nSPS) is 9.12. The van der Waals surface area contributed by atoms with Crippen molar-refractivity contribution in [2.24, 2.45) is 0 Å². The summed E-state index contributed by atoms with van der Waals surface area (Å²) in [6.07, 6.45) is 2.07. The Hall–Kier alpha value is 0.170. The van der Waals surface area contributed by atoms with Crippen LogP contribution in [0.2, 0.25) is 0 Å². The summed E-state index contributed by atoms with van der Waals surface area (Å²) in [5.41, 5.74) is 0. The first-order valence-corrected chi connectivity index (χ1v) is 4.85. The van der Waals surface area contributed by atoms with E-state index in [0.717, 1.165) is 0 Å². The standard InChI is InChI=1S/C4H8O2S2/c1-7-8-3-2-4(5)6/h2-3H2,1H3,(H,5,6)/p-1. The van der Waals surface area contributed by atoms with Crippen LogP contribution in [0.25, 0.3) is 0 Å². The third-order valence-electron chi connectivity index (χ3n) is 0.507. The molecule has 0 unspecified atom stereocenters. The van der Waals surface area contributed by atoms with Gasteiger partial charge in [-0.2, -0.15) is 0 Å². The minimum Gasteiger partial charge on any atom is -0.550 e. The van der Waals surface area contributed by atoms with Gasteiger partial charge in [0, 0.05) is 11.7 Å². The summed E-state index contributed by atoms with van der Waals surface area (Å²) in [7, 11) is 3.10. The van der Waals surface area contributed by atoms with E-state index in [-0.39, 0.29) is 6.42 Å². The second-order valence-corrected chi connectivity index (χ2v) is 3.80. The molecule has 0 radical (unpaired) electrons.